The molecule has 0 heterocycles. The van der Waals surface area contributed by atoms with Gasteiger partial charge >= 0.3 is 0 Å². The molecule has 0 spiro atoms. The number of nitrogens with two attached hydrogens (primary N) is 1. The van der Waals surface area contributed by atoms with E-state index in [-0.39, 0.29) is 5.82 Å². The number of benzene rings is 1. The summed E-state index contributed by atoms with van der Waals surface area (Å²) < 4.78 is 23.1. The van der Waals surface area contributed by atoms with Crippen molar-refractivity contribution >= 4 is 0 Å². The van der Waals surface area contributed by atoms with E-state index in [1.165, 1.54) is 20.3 Å². The van der Waals surface area contributed by atoms with Crippen molar-refractivity contribution in [3.63, 3.8) is 0 Å². The summed E-state index contributed by atoms with van der Waals surface area (Å²) in [5.74, 6) is 0.116. The van der Waals surface area contributed by atoms with Gasteiger partial charge in [-0.05, 0) is 6.07 Å². The molecule has 0 aliphatic rings. The standard InChI is InChI=1S/C10H14FNO2/c1-13-6-10(12)8-4-3-7(14-2)5-9(8)11/h3-5,10H,6,12H2,1-2H3/t10-/m0/s1. The van der Waals surface area contributed by atoms with Crippen molar-refractivity contribution in [1.82, 2.24) is 0 Å². The summed E-state index contributed by atoms with van der Waals surface area (Å²) in [6, 6.07) is 4.15. The lowest BCUT2D eigenvalue weighted by molar-refractivity contribution is 0.179. The van der Waals surface area contributed by atoms with Crippen LogP contribution in [0, 0.1) is 5.82 Å². The van der Waals surface area contributed by atoms with E-state index in [1.807, 2.05) is 0 Å². The molecular weight excluding hydrogens is 185 g/mol. The summed E-state index contributed by atoms with van der Waals surface area (Å²) in [5.41, 5.74) is 6.13. The fourth-order valence-corrected chi connectivity index (χ4v) is 1.20. The van der Waals surface area contributed by atoms with Crippen LogP contribution in [0.4, 0.5) is 4.39 Å². The van der Waals surface area contributed by atoms with Gasteiger partial charge in [-0.15, -0.1) is 0 Å². The highest BCUT2D eigenvalue weighted by molar-refractivity contribution is 5.30. The average Bonchev–Trinajstić information content (AvgIpc) is 2.17. The van der Waals surface area contributed by atoms with Crippen LogP contribution in [-0.4, -0.2) is 20.8 Å². The van der Waals surface area contributed by atoms with E-state index in [1.54, 1.807) is 12.1 Å². The monoisotopic (exact) mass is 199 g/mol. The van der Waals surface area contributed by atoms with Gasteiger partial charge in [-0.3, -0.25) is 0 Å². The zero-order valence-corrected chi connectivity index (χ0v) is 8.29. The summed E-state index contributed by atoms with van der Waals surface area (Å²) in [4.78, 5) is 0. The third-order valence-electron chi connectivity index (χ3n) is 1.95. The van der Waals surface area contributed by atoms with Crippen molar-refractivity contribution in [2.45, 2.75) is 6.04 Å². The van der Waals surface area contributed by atoms with Gasteiger partial charge in [-0.25, -0.2) is 4.39 Å². The van der Waals surface area contributed by atoms with E-state index in [2.05, 4.69) is 0 Å². The normalized spacial score (nSPS) is 12.6. The molecule has 78 valence electrons. The number of ether oxygens (including phenoxy) is 2. The predicted molar refractivity (Wildman–Crippen MR) is 51.8 cm³/mol. The van der Waals surface area contributed by atoms with E-state index in [4.69, 9.17) is 15.2 Å². The lowest BCUT2D eigenvalue weighted by Crippen LogP contribution is -2.17. The molecule has 0 amide bonds. The maximum Gasteiger partial charge on any atom is 0.131 e. The molecular formula is C10H14FNO2. The van der Waals surface area contributed by atoms with Crippen molar-refractivity contribution in [1.29, 1.82) is 0 Å². The minimum atomic E-state index is -0.439. The first-order chi connectivity index (χ1) is 6.69. The lowest BCUT2D eigenvalue weighted by Gasteiger charge is -2.12. The van der Waals surface area contributed by atoms with E-state index < -0.39 is 6.04 Å². The first-order valence-corrected chi connectivity index (χ1v) is 4.27. The first-order valence-electron chi connectivity index (χ1n) is 4.27. The molecule has 0 bridgehead atoms. The van der Waals surface area contributed by atoms with E-state index >= 15 is 0 Å². The molecule has 2 N–H and O–H groups in total. The van der Waals surface area contributed by atoms with Gasteiger partial charge in [0, 0.05) is 18.7 Å². The van der Waals surface area contributed by atoms with Crippen molar-refractivity contribution < 1.29 is 13.9 Å². The Balaban J connectivity index is 2.88. The van der Waals surface area contributed by atoms with Crippen LogP contribution in [0.15, 0.2) is 18.2 Å². The van der Waals surface area contributed by atoms with Crippen LogP contribution in [0.25, 0.3) is 0 Å². The zero-order chi connectivity index (χ0) is 10.6. The second-order valence-electron chi connectivity index (χ2n) is 2.95. The molecule has 1 atom stereocenters. The highest BCUT2D eigenvalue weighted by Crippen LogP contribution is 2.20. The van der Waals surface area contributed by atoms with Crippen molar-refractivity contribution in [2.75, 3.05) is 20.8 Å². The Labute approximate surface area is 82.6 Å². The van der Waals surface area contributed by atoms with Crippen LogP contribution in [0.3, 0.4) is 0 Å². The third-order valence-corrected chi connectivity index (χ3v) is 1.95. The van der Waals surface area contributed by atoms with Gasteiger partial charge in [0.1, 0.15) is 11.6 Å². The molecule has 1 rings (SSSR count). The Kier molecular flexibility index (Phi) is 3.85. The molecule has 4 heteroatoms. The van der Waals surface area contributed by atoms with Crippen LogP contribution in [-0.2, 0) is 4.74 Å². The molecule has 0 saturated heterocycles. The van der Waals surface area contributed by atoms with Crippen molar-refractivity contribution in [2.24, 2.45) is 5.73 Å². The van der Waals surface area contributed by atoms with Crippen LogP contribution in [0.5, 0.6) is 5.75 Å². The summed E-state index contributed by atoms with van der Waals surface area (Å²) in [7, 11) is 3.02. The average molecular weight is 199 g/mol. The first kappa shape index (κ1) is 10.9. The van der Waals surface area contributed by atoms with E-state index in [9.17, 15) is 4.39 Å². The van der Waals surface area contributed by atoms with Gasteiger partial charge in [0.2, 0.25) is 0 Å². The Morgan fingerprint density at radius 1 is 1.43 bits per heavy atom. The van der Waals surface area contributed by atoms with Crippen molar-refractivity contribution in [3.8, 4) is 5.75 Å². The molecule has 14 heavy (non-hydrogen) atoms. The number of hydrogen-bond donors (Lipinski definition) is 1. The second kappa shape index (κ2) is 4.93. The maximum absolute atomic E-state index is 13.4. The smallest absolute Gasteiger partial charge is 0.131 e. The maximum atomic E-state index is 13.4. The fraction of sp³-hybridized carbons (Fsp3) is 0.400. The van der Waals surface area contributed by atoms with Gasteiger partial charge in [0.05, 0.1) is 19.8 Å². The Morgan fingerprint density at radius 3 is 2.64 bits per heavy atom. The predicted octanol–water partition coefficient (Wildman–Crippen LogP) is 1.48. The lowest BCUT2D eigenvalue weighted by atomic mass is 10.1. The van der Waals surface area contributed by atoms with Gasteiger partial charge in [-0.2, -0.15) is 0 Å². The van der Waals surface area contributed by atoms with Crippen LogP contribution in [0.1, 0.15) is 11.6 Å². The molecule has 1 aromatic carbocycles. The summed E-state index contributed by atoms with van der Waals surface area (Å²) in [6.45, 7) is 0.295. The van der Waals surface area contributed by atoms with Gasteiger partial charge < -0.3 is 15.2 Å². The Morgan fingerprint density at radius 2 is 2.14 bits per heavy atom. The van der Waals surface area contributed by atoms with E-state index in [0.717, 1.165) is 0 Å². The molecule has 1 aromatic rings. The molecule has 0 fully saturated rings. The highest BCUT2D eigenvalue weighted by Gasteiger charge is 2.11. The number of methoxy groups -OCH3 is 2. The van der Waals surface area contributed by atoms with Gasteiger partial charge in [-0.1, -0.05) is 6.07 Å². The second-order valence-corrected chi connectivity index (χ2v) is 2.95. The van der Waals surface area contributed by atoms with Crippen LogP contribution in [0.2, 0.25) is 0 Å². The van der Waals surface area contributed by atoms with Crippen molar-refractivity contribution in [3.05, 3.63) is 29.6 Å². The molecule has 0 radical (unpaired) electrons. The molecule has 0 aromatic heterocycles. The summed E-state index contributed by atoms with van der Waals surface area (Å²) in [6.07, 6.45) is 0. The largest absolute Gasteiger partial charge is 0.497 e. The molecule has 0 aliphatic carbocycles. The third kappa shape index (κ3) is 2.43. The van der Waals surface area contributed by atoms with Gasteiger partial charge in [0.25, 0.3) is 0 Å². The summed E-state index contributed by atoms with van der Waals surface area (Å²) in [5, 5.41) is 0. The number of hydrogen-bond acceptors (Lipinski definition) is 3. The zero-order valence-electron chi connectivity index (χ0n) is 8.29. The molecule has 0 unspecified atom stereocenters. The van der Waals surface area contributed by atoms with Crippen LogP contribution < -0.4 is 10.5 Å². The number of halogens is 1. The quantitative estimate of drug-likeness (QED) is 0.798. The number of rotatable bonds is 4. The topological polar surface area (TPSA) is 44.5 Å². The highest BCUT2D eigenvalue weighted by atomic mass is 19.1. The molecule has 0 aliphatic heterocycles. The minimum Gasteiger partial charge on any atom is -0.497 e. The Hall–Kier alpha value is -1.13. The minimum absolute atomic E-state index is 0.295. The molecule has 0 saturated carbocycles. The van der Waals surface area contributed by atoms with Gasteiger partial charge in [0.15, 0.2) is 0 Å². The SMILES string of the molecule is COC[C@H](N)c1ccc(OC)cc1F. The molecule has 3 nitrogen and oxygen atoms in total. The summed E-state index contributed by atoms with van der Waals surface area (Å²) >= 11 is 0. The Bertz CT molecular complexity index is 304. The van der Waals surface area contributed by atoms with E-state index in [0.29, 0.717) is 17.9 Å². The fourth-order valence-electron chi connectivity index (χ4n) is 1.20. The van der Waals surface area contributed by atoms with Crippen LogP contribution >= 0.6 is 0 Å².